The van der Waals surface area contributed by atoms with Crippen molar-refractivity contribution in [3.8, 4) is 5.75 Å². The summed E-state index contributed by atoms with van der Waals surface area (Å²) < 4.78 is 5.04. The van der Waals surface area contributed by atoms with Gasteiger partial charge >= 0.3 is 0 Å². The molecule has 0 fully saturated rings. The van der Waals surface area contributed by atoms with Gasteiger partial charge in [0.05, 0.1) is 13.5 Å². The molecule has 0 aliphatic carbocycles. The molecule has 0 atom stereocenters. The predicted octanol–water partition coefficient (Wildman–Crippen LogP) is 0.490. The molecule has 0 spiro atoms. The van der Waals surface area contributed by atoms with E-state index in [0.717, 1.165) is 17.7 Å². The van der Waals surface area contributed by atoms with Crippen molar-refractivity contribution >= 4 is 12.3 Å². The van der Waals surface area contributed by atoms with Crippen molar-refractivity contribution in [1.29, 1.82) is 0 Å². The summed E-state index contributed by atoms with van der Waals surface area (Å²) in [5.41, 5.74) is 0.944. The molecule has 0 unspecified atom stereocenters. The topological polar surface area (TPSA) is 67.4 Å². The van der Waals surface area contributed by atoms with Crippen LogP contribution < -0.4 is 15.4 Å². The lowest BCUT2D eigenvalue weighted by Crippen LogP contribution is -2.28. The van der Waals surface area contributed by atoms with E-state index in [-0.39, 0.29) is 5.91 Å². The van der Waals surface area contributed by atoms with E-state index in [1.807, 2.05) is 24.3 Å². The molecule has 0 radical (unpaired) electrons. The standard InChI is InChI=1S/C13H18N2O3/c1-18-12-5-3-11(4-6-12)9-13(17)15-8-2-7-14-10-16/h3-6,10H,2,7-9H2,1H3,(H,14,16)(H,15,17). The molecule has 98 valence electrons. The van der Waals surface area contributed by atoms with Crippen LogP contribution in [0.15, 0.2) is 24.3 Å². The number of hydrogen-bond acceptors (Lipinski definition) is 3. The number of ether oxygens (including phenoxy) is 1. The van der Waals surface area contributed by atoms with Crippen LogP contribution in [0, 0.1) is 0 Å². The first-order chi connectivity index (χ1) is 8.76. The maximum atomic E-state index is 11.6. The molecule has 0 aliphatic rings. The molecule has 1 aromatic rings. The maximum absolute atomic E-state index is 11.6. The van der Waals surface area contributed by atoms with Crippen LogP contribution in [-0.4, -0.2) is 32.5 Å². The lowest BCUT2D eigenvalue weighted by Gasteiger charge is -2.05. The van der Waals surface area contributed by atoms with Gasteiger partial charge in [0.1, 0.15) is 5.75 Å². The Morgan fingerprint density at radius 3 is 2.61 bits per heavy atom. The van der Waals surface area contributed by atoms with Crippen molar-refractivity contribution in [3.63, 3.8) is 0 Å². The Morgan fingerprint density at radius 2 is 2.00 bits per heavy atom. The first-order valence-electron chi connectivity index (χ1n) is 5.83. The van der Waals surface area contributed by atoms with E-state index in [0.29, 0.717) is 25.9 Å². The Labute approximate surface area is 107 Å². The smallest absolute Gasteiger partial charge is 0.224 e. The third kappa shape index (κ3) is 5.34. The number of amides is 2. The van der Waals surface area contributed by atoms with Crippen molar-refractivity contribution in [2.45, 2.75) is 12.8 Å². The molecule has 0 bridgehead atoms. The number of nitrogens with one attached hydrogen (secondary N) is 2. The van der Waals surface area contributed by atoms with Crippen LogP contribution in [0.4, 0.5) is 0 Å². The first-order valence-corrected chi connectivity index (χ1v) is 5.83. The van der Waals surface area contributed by atoms with Gasteiger partial charge in [-0.25, -0.2) is 0 Å². The molecule has 0 heterocycles. The normalized spacial score (nSPS) is 9.61. The van der Waals surface area contributed by atoms with Crippen molar-refractivity contribution < 1.29 is 14.3 Å². The Balaban J connectivity index is 2.24. The molecule has 2 amide bonds. The van der Waals surface area contributed by atoms with Gasteiger partial charge in [-0.1, -0.05) is 12.1 Å². The van der Waals surface area contributed by atoms with E-state index in [2.05, 4.69) is 10.6 Å². The van der Waals surface area contributed by atoms with E-state index in [1.165, 1.54) is 0 Å². The van der Waals surface area contributed by atoms with Gasteiger partial charge in [0.15, 0.2) is 0 Å². The van der Waals surface area contributed by atoms with Gasteiger partial charge in [0.2, 0.25) is 12.3 Å². The summed E-state index contributed by atoms with van der Waals surface area (Å²) in [6.07, 6.45) is 1.73. The van der Waals surface area contributed by atoms with E-state index in [9.17, 15) is 9.59 Å². The Hall–Kier alpha value is -2.04. The summed E-state index contributed by atoms with van der Waals surface area (Å²) in [5.74, 6) is 0.755. The van der Waals surface area contributed by atoms with Gasteiger partial charge in [-0.15, -0.1) is 0 Å². The Kier molecular flexibility index (Phi) is 6.32. The number of carbonyl (C=O) groups is 2. The minimum absolute atomic E-state index is 0.0220. The molecular weight excluding hydrogens is 232 g/mol. The summed E-state index contributed by atoms with van der Waals surface area (Å²) >= 11 is 0. The molecule has 2 N–H and O–H groups in total. The molecule has 0 aliphatic heterocycles. The Morgan fingerprint density at radius 1 is 1.28 bits per heavy atom. The van der Waals surface area contributed by atoms with Gasteiger partial charge in [-0.3, -0.25) is 9.59 Å². The highest BCUT2D eigenvalue weighted by Gasteiger charge is 2.02. The van der Waals surface area contributed by atoms with Crippen molar-refractivity contribution in [1.82, 2.24) is 10.6 Å². The van der Waals surface area contributed by atoms with Crippen molar-refractivity contribution in [3.05, 3.63) is 29.8 Å². The minimum Gasteiger partial charge on any atom is -0.497 e. The van der Waals surface area contributed by atoms with Crippen LogP contribution in [-0.2, 0) is 16.0 Å². The summed E-state index contributed by atoms with van der Waals surface area (Å²) in [5, 5.41) is 5.33. The average Bonchev–Trinajstić information content (AvgIpc) is 2.39. The number of methoxy groups -OCH3 is 1. The maximum Gasteiger partial charge on any atom is 0.224 e. The lowest BCUT2D eigenvalue weighted by atomic mass is 10.1. The SMILES string of the molecule is COc1ccc(CC(=O)NCCCNC=O)cc1. The Bertz CT molecular complexity index is 376. The molecule has 5 nitrogen and oxygen atoms in total. The average molecular weight is 250 g/mol. The molecule has 5 heteroatoms. The third-order valence-electron chi connectivity index (χ3n) is 2.43. The van der Waals surface area contributed by atoms with Crippen LogP contribution in [0.25, 0.3) is 0 Å². The van der Waals surface area contributed by atoms with Crippen LogP contribution >= 0.6 is 0 Å². The molecule has 1 rings (SSSR count). The number of hydrogen-bond donors (Lipinski definition) is 2. The van der Waals surface area contributed by atoms with E-state index >= 15 is 0 Å². The largest absolute Gasteiger partial charge is 0.497 e. The highest BCUT2D eigenvalue weighted by atomic mass is 16.5. The van der Waals surface area contributed by atoms with Crippen molar-refractivity contribution in [2.75, 3.05) is 20.2 Å². The fourth-order valence-electron chi connectivity index (χ4n) is 1.47. The van der Waals surface area contributed by atoms with Gasteiger partial charge in [0.25, 0.3) is 0 Å². The van der Waals surface area contributed by atoms with E-state index in [1.54, 1.807) is 7.11 Å². The van der Waals surface area contributed by atoms with Crippen LogP contribution in [0.2, 0.25) is 0 Å². The van der Waals surface area contributed by atoms with Crippen molar-refractivity contribution in [2.24, 2.45) is 0 Å². The first kappa shape index (κ1) is 14.0. The summed E-state index contributed by atoms with van der Waals surface area (Å²) in [6, 6.07) is 7.39. The van der Waals surface area contributed by atoms with Crippen LogP contribution in [0.5, 0.6) is 5.75 Å². The summed E-state index contributed by atoms with van der Waals surface area (Å²) in [6.45, 7) is 1.14. The molecule has 18 heavy (non-hydrogen) atoms. The van der Waals surface area contributed by atoms with Gasteiger partial charge in [-0.2, -0.15) is 0 Å². The second kappa shape index (κ2) is 8.11. The second-order valence-corrected chi connectivity index (χ2v) is 3.80. The van der Waals surface area contributed by atoms with Crippen LogP contribution in [0.1, 0.15) is 12.0 Å². The highest BCUT2D eigenvalue weighted by molar-refractivity contribution is 5.78. The fourth-order valence-corrected chi connectivity index (χ4v) is 1.47. The quantitative estimate of drug-likeness (QED) is 0.521. The predicted molar refractivity (Wildman–Crippen MR) is 68.4 cm³/mol. The van der Waals surface area contributed by atoms with Gasteiger partial charge in [-0.05, 0) is 24.1 Å². The number of rotatable bonds is 8. The lowest BCUT2D eigenvalue weighted by molar-refractivity contribution is -0.120. The minimum atomic E-state index is -0.0220. The van der Waals surface area contributed by atoms with E-state index in [4.69, 9.17) is 4.74 Å². The molecule has 0 saturated heterocycles. The summed E-state index contributed by atoms with van der Waals surface area (Å²) in [7, 11) is 1.61. The zero-order valence-electron chi connectivity index (χ0n) is 10.4. The third-order valence-corrected chi connectivity index (χ3v) is 2.43. The fraction of sp³-hybridized carbons (Fsp3) is 0.385. The van der Waals surface area contributed by atoms with Gasteiger partial charge < -0.3 is 15.4 Å². The number of carbonyl (C=O) groups excluding carboxylic acids is 2. The monoisotopic (exact) mass is 250 g/mol. The van der Waals surface area contributed by atoms with E-state index < -0.39 is 0 Å². The number of benzene rings is 1. The second-order valence-electron chi connectivity index (χ2n) is 3.80. The van der Waals surface area contributed by atoms with Crippen LogP contribution in [0.3, 0.4) is 0 Å². The molecule has 0 saturated carbocycles. The summed E-state index contributed by atoms with van der Waals surface area (Å²) in [4.78, 5) is 21.6. The zero-order chi connectivity index (χ0) is 13.2. The molecular formula is C13H18N2O3. The molecule has 0 aromatic heterocycles. The zero-order valence-corrected chi connectivity index (χ0v) is 10.4. The molecule has 1 aromatic carbocycles. The van der Waals surface area contributed by atoms with Gasteiger partial charge in [0, 0.05) is 13.1 Å². The highest BCUT2D eigenvalue weighted by Crippen LogP contribution is 2.11.